The Labute approximate surface area is 136 Å². The summed E-state index contributed by atoms with van der Waals surface area (Å²) in [7, 11) is 1.28. The van der Waals surface area contributed by atoms with Crippen LogP contribution in [0.4, 0.5) is 0 Å². The molecule has 116 valence electrons. The van der Waals surface area contributed by atoms with Crippen LogP contribution in [0.2, 0.25) is 5.02 Å². The van der Waals surface area contributed by atoms with Crippen LogP contribution in [-0.2, 0) is 9.53 Å². The summed E-state index contributed by atoms with van der Waals surface area (Å²) in [4.78, 5) is 31.9. The van der Waals surface area contributed by atoms with Gasteiger partial charge < -0.3 is 10.1 Å². The molecule has 1 aromatic rings. The topological polar surface area (TPSA) is 81.2 Å². The highest BCUT2D eigenvalue weighted by molar-refractivity contribution is 7.98. The van der Waals surface area contributed by atoms with Crippen LogP contribution in [0, 0.1) is 0 Å². The molecule has 1 aromatic heterocycles. The molecule has 9 heteroatoms. The monoisotopic (exact) mass is 349 g/mol. The summed E-state index contributed by atoms with van der Waals surface area (Å²) in [6.45, 7) is 0. The first-order valence-corrected chi connectivity index (χ1v) is 8.97. The fourth-order valence-corrected chi connectivity index (χ4v) is 2.45. The lowest BCUT2D eigenvalue weighted by Gasteiger charge is -2.16. The van der Waals surface area contributed by atoms with Gasteiger partial charge in [-0.1, -0.05) is 23.4 Å². The number of rotatable bonds is 7. The van der Waals surface area contributed by atoms with E-state index in [-0.39, 0.29) is 10.7 Å². The number of halogens is 1. The van der Waals surface area contributed by atoms with Gasteiger partial charge in [-0.15, -0.1) is 0 Å². The Bertz CT molecular complexity index is 517. The zero-order valence-corrected chi connectivity index (χ0v) is 14.3. The molecule has 1 heterocycles. The number of esters is 1. The van der Waals surface area contributed by atoms with Crippen molar-refractivity contribution in [3.63, 3.8) is 0 Å². The van der Waals surface area contributed by atoms with Gasteiger partial charge in [0, 0.05) is 0 Å². The number of hydrogen-bond acceptors (Lipinski definition) is 7. The van der Waals surface area contributed by atoms with E-state index in [1.165, 1.54) is 25.1 Å². The molecule has 1 rings (SSSR count). The molecule has 1 amide bonds. The van der Waals surface area contributed by atoms with Gasteiger partial charge in [0.1, 0.15) is 6.04 Å². The molecular weight excluding hydrogens is 334 g/mol. The largest absolute Gasteiger partial charge is 0.467 e. The Morgan fingerprint density at radius 1 is 1.48 bits per heavy atom. The molecule has 0 radical (unpaired) electrons. The van der Waals surface area contributed by atoms with E-state index in [1.807, 2.05) is 6.26 Å². The molecule has 0 aliphatic rings. The Kier molecular flexibility index (Phi) is 7.84. The van der Waals surface area contributed by atoms with E-state index in [4.69, 9.17) is 11.6 Å². The second-order valence-corrected chi connectivity index (χ2v) is 6.05. The summed E-state index contributed by atoms with van der Waals surface area (Å²) in [5, 5.41) is 3.17. The number of carbonyl (C=O) groups is 2. The molecule has 21 heavy (non-hydrogen) atoms. The van der Waals surface area contributed by atoms with E-state index in [1.54, 1.807) is 18.0 Å². The molecule has 0 bridgehead atoms. The SMILES string of the molecule is COC(=O)C(CCSC)NC(=O)c1nc(SC)ncc1Cl. The van der Waals surface area contributed by atoms with Gasteiger partial charge in [0.25, 0.3) is 5.91 Å². The molecule has 1 N–H and O–H groups in total. The van der Waals surface area contributed by atoms with Crippen molar-refractivity contribution in [2.45, 2.75) is 17.6 Å². The lowest BCUT2D eigenvalue weighted by molar-refractivity contribution is -0.142. The number of thioether (sulfide) groups is 2. The van der Waals surface area contributed by atoms with E-state index in [0.717, 1.165) is 0 Å². The zero-order chi connectivity index (χ0) is 15.8. The van der Waals surface area contributed by atoms with Crippen molar-refractivity contribution in [3.8, 4) is 0 Å². The van der Waals surface area contributed by atoms with E-state index >= 15 is 0 Å². The van der Waals surface area contributed by atoms with Crippen LogP contribution in [0.1, 0.15) is 16.9 Å². The predicted octanol–water partition coefficient (Wildman–Crippen LogP) is 1.88. The van der Waals surface area contributed by atoms with Crippen molar-refractivity contribution >= 4 is 47.0 Å². The van der Waals surface area contributed by atoms with Crippen LogP contribution in [0.25, 0.3) is 0 Å². The molecule has 0 saturated heterocycles. The molecular formula is C12H16ClN3O3S2. The summed E-state index contributed by atoms with van der Waals surface area (Å²) in [6, 6.07) is -0.723. The average molecular weight is 350 g/mol. The number of carbonyl (C=O) groups excluding carboxylic acids is 2. The van der Waals surface area contributed by atoms with Crippen molar-refractivity contribution in [1.82, 2.24) is 15.3 Å². The lowest BCUT2D eigenvalue weighted by Crippen LogP contribution is -2.42. The molecule has 0 aromatic carbocycles. The fourth-order valence-electron chi connectivity index (χ4n) is 1.46. The molecule has 0 saturated carbocycles. The quantitative estimate of drug-likeness (QED) is 0.457. The van der Waals surface area contributed by atoms with Crippen LogP contribution in [0.3, 0.4) is 0 Å². The molecule has 0 fully saturated rings. The maximum Gasteiger partial charge on any atom is 0.328 e. The number of aromatic nitrogens is 2. The maximum atomic E-state index is 12.2. The van der Waals surface area contributed by atoms with Gasteiger partial charge in [0.15, 0.2) is 10.9 Å². The third-order valence-electron chi connectivity index (χ3n) is 2.52. The number of nitrogens with one attached hydrogen (secondary N) is 1. The number of methoxy groups -OCH3 is 1. The second-order valence-electron chi connectivity index (χ2n) is 3.88. The van der Waals surface area contributed by atoms with E-state index in [2.05, 4.69) is 20.0 Å². The smallest absolute Gasteiger partial charge is 0.328 e. The third kappa shape index (κ3) is 5.37. The summed E-state index contributed by atoms with van der Waals surface area (Å²) < 4.78 is 4.69. The number of ether oxygens (including phenoxy) is 1. The third-order valence-corrected chi connectivity index (χ3v) is 4.00. The van der Waals surface area contributed by atoms with E-state index in [9.17, 15) is 9.59 Å². The first-order chi connectivity index (χ1) is 10.0. The first-order valence-electron chi connectivity index (χ1n) is 5.97. The van der Waals surface area contributed by atoms with Gasteiger partial charge in [0.05, 0.1) is 18.3 Å². The zero-order valence-electron chi connectivity index (χ0n) is 11.9. The Hall–Kier alpha value is -0.990. The minimum Gasteiger partial charge on any atom is -0.467 e. The molecule has 0 aliphatic carbocycles. The highest BCUT2D eigenvalue weighted by Gasteiger charge is 2.24. The van der Waals surface area contributed by atoms with Gasteiger partial charge in [-0.3, -0.25) is 4.79 Å². The van der Waals surface area contributed by atoms with Crippen LogP contribution in [0.5, 0.6) is 0 Å². The summed E-state index contributed by atoms with van der Waals surface area (Å²) in [5.74, 6) is -0.296. The van der Waals surface area contributed by atoms with Gasteiger partial charge >= 0.3 is 5.97 Å². The van der Waals surface area contributed by atoms with Crippen molar-refractivity contribution < 1.29 is 14.3 Å². The molecule has 0 spiro atoms. The average Bonchev–Trinajstić information content (AvgIpc) is 2.50. The number of nitrogens with zero attached hydrogens (tertiary/aromatic N) is 2. The van der Waals surface area contributed by atoms with Crippen LogP contribution < -0.4 is 5.32 Å². The maximum absolute atomic E-state index is 12.2. The number of hydrogen-bond donors (Lipinski definition) is 1. The van der Waals surface area contributed by atoms with Crippen LogP contribution in [0.15, 0.2) is 11.4 Å². The molecule has 0 aliphatic heterocycles. The molecule has 6 nitrogen and oxygen atoms in total. The minimum absolute atomic E-state index is 0.0501. The summed E-state index contributed by atoms with van der Waals surface area (Å²) in [6.07, 6.45) is 5.55. The predicted molar refractivity (Wildman–Crippen MR) is 85.1 cm³/mol. The van der Waals surface area contributed by atoms with Crippen LogP contribution >= 0.6 is 35.1 Å². The van der Waals surface area contributed by atoms with Crippen molar-refractivity contribution in [3.05, 3.63) is 16.9 Å². The Morgan fingerprint density at radius 3 is 2.76 bits per heavy atom. The standard InChI is InChI=1S/C12H16ClN3O3S2/c1-19-11(18)8(4-5-20-2)15-10(17)9-7(13)6-14-12(16-9)21-3/h6,8H,4-5H2,1-3H3,(H,15,17). The first kappa shape index (κ1) is 18.1. The van der Waals surface area contributed by atoms with Gasteiger partial charge in [0.2, 0.25) is 0 Å². The normalized spacial score (nSPS) is 11.8. The Balaban J connectivity index is 2.88. The molecule has 1 atom stereocenters. The van der Waals surface area contributed by atoms with Crippen molar-refractivity contribution in [2.75, 3.05) is 25.4 Å². The summed E-state index contributed by atoms with van der Waals surface area (Å²) in [5.41, 5.74) is 0.0501. The van der Waals surface area contributed by atoms with Gasteiger partial charge in [-0.05, 0) is 24.7 Å². The summed E-state index contributed by atoms with van der Waals surface area (Å²) >= 11 is 8.81. The van der Waals surface area contributed by atoms with E-state index < -0.39 is 17.9 Å². The van der Waals surface area contributed by atoms with Gasteiger partial charge in [-0.2, -0.15) is 11.8 Å². The van der Waals surface area contributed by atoms with Crippen molar-refractivity contribution in [1.29, 1.82) is 0 Å². The van der Waals surface area contributed by atoms with Crippen LogP contribution in [-0.4, -0.2) is 53.3 Å². The minimum atomic E-state index is -0.723. The second kappa shape index (κ2) is 9.11. The number of amides is 1. The molecule has 1 unspecified atom stereocenters. The van der Waals surface area contributed by atoms with E-state index in [0.29, 0.717) is 17.3 Å². The highest BCUT2D eigenvalue weighted by Crippen LogP contribution is 2.16. The Morgan fingerprint density at radius 2 is 2.19 bits per heavy atom. The fraction of sp³-hybridized carbons (Fsp3) is 0.500. The highest BCUT2D eigenvalue weighted by atomic mass is 35.5. The van der Waals surface area contributed by atoms with Gasteiger partial charge in [-0.25, -0.2) is 14.8 Å². The lowest BCUT2D eigenvalue weighted by atomic mass is 10.2. The van der Waals surface area contributed by atoms with Crippen molar-refractivity contribution in [2.24, 2.45) is 0 Å².